The molecule has 0 fully saturated rings. The number of hydrogen-bond donors (Lipinski definition) is 3. The van der Waals surface area contributed by atoms with Crippen molar-refractivity contribution in [2.75, 3.05) is 24.8 Å². The summed E-state index contributed by atoms with van der Waals surface area (Å²) in [6.07, 6.45) is 2.01. The average molecular weight is 254 g/mol. The zero-order valence-corrected chi connectivity index (χ0v) is 11.4. The van der Waals surface area contributed by atoms with Crippen LogP contribution in [-0.4, -0.2) is 34.8 Å². The first-order chi connectivity index (χ1) is 8.40. The molecule has 18 heavy (non-hydrogen) atoms. The number of anilines is 2. The Balaban J connectivity index is 2.97. The second kappa shape index (κ2) is 5.86. The van der Waals surface area contributed by atoms with Gasteiger partial charge in [0.2, 0.25) is 5.75 Å². The normalized spacial score (nSPS) is 13.2. The maximum Gasteiger partial charge on any atom is 0.203 e. The molecule has 0 aliphatic rings. The molecule has 0 saturated carbocycles. The van der Waals surface area contributed by atoms with E-state index in [4.69, 9.17) is 15.6 Å². The Morgan fingerprint density at radius 3 is 2.61 bits per heavy atom. The summed E-state index contributed by atoms with van der Waals surface area (Å²) in [5.41, 5.74) is 5.70. The molecule has 1 rings (SSSR count). The van der Waals surface area contributed by atoms with Gasteiger partial charge in [0.05, 0.1) is 7.11 Å². The lowest BCUT2D eigenvalue weighted by Crippen LogP contribution is -2.35. The van der Waals surface area contributed by atoms with Gasteiger partial charge in [-0.05, 0) is 11.8 Å². The Labute approximate surface area is 108 Å². The molecular weight excluding hydrogens is 232 g/mol. The van der Waals surface area contributed by atoms with Crippen LogP contribution in [0.25, 0.3) is 0 Å². The van der Waals surface area contributed by atoms with Crippen molar-refractivity contribution < 1.29 is 9.84 Å². The highest BCUT2D eigenvalue weighted by Gasteiger charge is 2.25. The van der Waals surface area contributed by atoms with Crippen LogP contribution in [0, 0.1) is 5.41 Å². The van der Waals surface area contributed by atoms with E-state index in [0.717, 1.165) is 0 Å². The number of hydrogen-bond acceptors (Lipinski definition) is 6. The molecule has 102 valence electrons. The summed E-state index contributed by atoms with van der Waals surface area (Å²) in [4.78, 5) is 8.02. The molecule has 1 unspecified atom stereocenters. The van der Waals surface area contributed by atoms with Gasteiger partial charge >= 0.3 is 0 Å². The van der Waals surface area contributed by atoms with Crippen LogP contribution >= 0.6 is 0 Å². The van der Waals surface area contributed by atoms with E-state index in [9.17, 15) is 0 Å². The number of aromatic nitrogens is 2. The molecule has 0 saturated heterocycles. The van der Waals surface area contributed by atoms with Gasteiger partial charge in [0.15, 0.2) is 11.6 Å². The van der Waals surface area contributed by atoms with Crippen molar-refractivity contribution >= 4 is 11.6 Å². The van der Waals surface area contributed by atoms with Crippen LogP contribution in [-0.2, 0) is 0 Å². The van der Waals surface area contributed by atoms with Crippen LogP contribution in [0.5, 0.6) is 5.75 Å². The Bertz CT molecular complexity index is 390. The smallest absolute Gasteiger partial charge is 0.203 e. The molecule has 0 aliphatic carbocycles. The van der Waals surface area contributed by atoms with E-state index >= 15 is 0 Å². The largest absolute Gasteiger partial charge is 0.490 e. The monoisotopic (exact) mass is 254 g/mol. The van der Waals surface area contributed by atoms with E-state index in [-0.39, 0.29) is 18.1 Å². The molecule has 1 aromatic heterocycles. The number of rotatable bonds is 5. The van der Waals surface area contributed by atoms with Crippen LogP contribution in [0.2, 0.25) is 0 Å². The zero-order valence-electron chi connectivity index (χ0n) is 11.4. The summed E-state index contributed by atoms with van der Waals surface area (Å²) in [7, 11) is 1.53. The van der Waals surface area contributed by atoms with Crippen molar-refractivity contribution in [1.82, 2.24) is 9.97 Å². The van der Waals surface area contributed by atoms with E-state index in [1.165, 1.54) is 13.4 Å². The van der Waals surface area contributed by atoms with Crippen molar-refractivity contribution in [2.24, 2.45) is 5.41 Å². The third-order valence-electron chi connectivity index (χ3n) is 2.81. The second-order valence-electron chi connectivity index (χ2n) is 5.22. The molecule has 0 aliphatic heterocycles. The number of ether oxygens (including phenoxy) is 1. The third kappa shape index (κ3) is 3.46. The minimum atomic E-state index is -0.0204. The molecule has 4 N–H and O–H groups in total. The standard InChI is InChI=1S/C12H22N4O2/c1-12(2,3)8(5-6-17)16-11-9(18-4)10(13)14-7-15-11/h7-8,17H,5-6H2,1-4H3,(H3,13,14,15,16). The van der Waals surface area contributed by atoms with Gasteiger partial charge in [0.1, 0.15) is 6.33 Å². The minimum absolute atomic E-state index is 0.0204. The van der Waals surface area contributed by atoms with Gasteiger partial charge in [0, 0.05) is 12.6 Å². The van der Waals surface area contributed by atoms with Gasteiger partial charge in [0.25, 0.3) is 0 Å². The fourth-order valence-electron chi connectivity index (χ4n) is 1.71. The van der Waals surface area contributed by atoms with Crippen molar-refractivity contribution in [3.05, 3.63) is 6.33 Å². The zero-order chi connectivity index (χ0) is 13.8. The number of aliphatic hydroxyl groups is 1. The maximum absolute atomic E-state index is 9.13. The first-order valence-corrected chi connectivity index (χ1v) is 5.92. The summed E-state index contributed by atoms with van der Waals surface area (Å²) >= 11 is 0. The van der Waals surface area contributed by atoms with Gasteiger partial charge < -0.3 is 20.9 Å². The molecule has 6 heteroatoms. The highest BCUT2D eigenvalue weighted by atomic mass is 16.5. The number of methoxy groups -OCH3 is 1. The predicted molar refractivity (Wildman–Crippen MR) is 71.6 cm³/mol. The van der Waals surface area contributed by atoms with Gasteiger partial charge in [-0.1, -0.05) is 20.8 Å². The molecule has 0 amide bonds. The van der Waals surface area contributed by atoms with Crippen LogP contribution in [0.15, 0.2) is 6.33 Å². The lowest BCUT2D eigenvalue weighted by atomic mass is 9.85. The van der Waals surface area contributed by atoms with Crippen LogP contribution in [0.3, 0.4) is 0 Å². The van der Waals surface area contributed by atoms with Gasteiger partial charge in [-0.2, -0.15) is 0 Å². The quantitative estimate of drug-likeness (QED) is 0.733. The van der Waals surface area contributed by atoms with E-state index in [2.05, 4.69) is 36.1 Å². The molecule has 0 spiro atoms. The van der Waals surface area contributed by atoms with Gasteiger partial charge in [-0.25, -0.2) is 9.97 Å². The highest BCUT2D eigenvalue weighted by molar-refractivity contribution is 5.61. The summed E-state index contributed by atoms with van der Waals surface area (Å²) in [5.74, 6) is 1.29. The van der Waals surface area contributed by atoms with Crippen LogP contribution < -0.4 is 15.8 Å². The summed E-state index contributed by atoms with van der Waals surface area (Å²) in [5, 5.41) is 12.4. The minimum Gasteiger partial charge on any atom is -0.490 e. The molecule has 0 aromatic carbocycles. The Hall–Kier alpha value is -1.56. The topological polar surface area (TPSA) is 93.3 Å². The van der Waals surface area contributed by atoms with Gasteiger partial charge in [-0.15, -0.1) is 0 Å². The molecule has 1 aromatic rings. The maximum atomic E-state index is 9.13. The molecule has 1 atom stereocenters. The SMILES string of the molecule is COc1c(N)ncnc1NC(CCO)C(C)(C)C. The summed E-state index contributed by atoms with van der Waals surface area (Å²) < 4.78 is 5.19. The van der Waals surface area contributed by atoms with Crippen LogP contribution in [0.1, 0.15) is 27.2 Å². The Morgan fingerprint density at radius 2 is 2.11 bits per heavy atom. The first-order valence-electron chi connectivity index (χ1n) is 5.92. The second-order valence-corrected chi connectivity index (χ2v) is 5.22. The Kier molecular flexibility index (Phi) is 4.72. The van der Waals surface area contributed by atoms with Crippen molar-refractivity contribution in [2.45, 2.75) is 33.2 Å². The fraction of sp³-hybridized carbons (Fsp3) is 0.667. The Morgan fingerprint density at radius 1 is 1.44 bits per heavy atom. The average Bonchev–Trinajstić information content (AvgIpc) is 2.27. The molecule has 6 nitrogen and oxygen atoms in total. The lowest BCUT2D eigenvalue weighted by molar-refractivity contribution is 0.234. The van der Waals surface area contributed by atoms with E-state index < -0.39 is 0 Å². The van der Waals surface area contributed by atoms with Gasteiger partial charge in [-0.3, -0.25) is 0 Å². The lowest BCUT2D eigenvalue weighted by Gasteiger charge is -2.31. The van der Waals surface area contributed by atoms with Crippen molar-refractivity contribution in [3.8, 4) is 5.75 Å². The van der Waals surface area contributed by atoms with E-state index in [1.54, 1.807) is 0 Å². The van der Waals surface area contributed by atoms with E-state index in [1.807, 2.05) is 0 Å². The predicted octanol–water partition coefficient (Wildman–Crippen LogP) is 1.28. The van der Waals surface area contributed by atoms with Crippen molar-refractivity contribution in [3.63, 3.8) is 0 Å². The number of nitrogens with zero attached hydrogens (tertiary/aromatic N) is 2. The fourth-order valence-corrected chi connectivity index (χ4v) is 1.71. The number of nitrogens with one attached hydrogen (secondary N) is 1. The number of nitrogen functional groups attached to an aromatic ring is 1. The van der Waals surface area contributed by atoms with E-state index in [0.29, 0.717) is 23.8 Å². The number of aliphatic hydroxyl groups excluding tert-OH is 1. The van der Waals surface area contributed by atoms with Crippen LogP contribution in [0.4, 0.5) is 11.6 Å². The number of nitrogens with two attached hydrogens (primary N) is 1. The molecule has 0 bridgehead atoms. The molecule has 0 radical (unpaired) electrons. The highest BCUT2D eigenvalue weighted by Crippen LogP contribution is 2.31. The molecular formula is C12H22N4O2. The van der Waals surface area contributed by atoms with Crippen molar-refractivity contribution in [1.29, 1.82) is 0 Å². The summed E-state index contributed by atoms with van der Waals surface area (Å²) in [6.45, 7) is 6.39. The summed E-state index contributed by atoms with van der Waals surface area (Å²) in [6, 6.07) is 0.0608. The first kappa shape index (κ1) is 14.5. The molecule has 1 heterocycles. The third-order valence-corrected chi connectivity index (χ3v) is 2.81.